The van der Waals surface area contributed by atoms with Crippen LogP contribution in [-0.2, 0) is 22.1 Å². The Balaban J connectivity index is 2.42. The van der Waals surface area contributed by atoms with E-state index in [1.165, 1.54) is 23.5 Å². The number of hydrogen-bond acceptors (Lipinski definition) is 5. The molecule has 0 spiro atoms. The van der Waals surface area contributed by atoms with E-state index in [0.29, 0.717) is 10.6 Å². The summed E-state index contributed by atoms with van der Waals surface area (Å²) in [6.07, 6.45) is 1.60. The van der Waals surface area contributed by atoms with Crippen LogP contribution in [0.4, 0.5) is 4.39 Å². The molecule has 114 valence electrons. The van der Waals surface area contributed by atoms with Gasteiger partial charge in [-0.2, -0.15) is 4.72 Å². The number of hydrogen-bond donors (Lipinski definition) is 2. The Hall–Kier alpha value is -1.35. The van der Waals surface area contributed by atoms with Crippen molar-refractivity contribution in [3.8, 4) is 0 Å². The first-order valence-corrected chi connectivity index (χ1v) is 8.55. The maximum absolute atomic E-state index is 13.4. The molecular weight excluding hydrogens is 313 g/mol. The fourth-order valence-corrected chi connectivity index (χ4v) is 4.34. The third-order valence-corrected chi connectivity index (χ3v) is 5.73. The van der Waals surface area contributed by atoms with Crippen molar-refractivity contribution in [3.63, 3.8) is 0 Å². The molecule has 0 unspecified atom stereocenters. The van der Waals surface area contributed by atoms with Crippen LogP contribution in [0.5, 0.6) is 0 Å². The summed E-state index contributed by atoms with van der Waals surface area (Å²) in [6, 6.07) is 3.54. The fourth-order valence-electron chi connectivity index (χ4n) is 1.91. The summed E-state index contributed by atoms with van der Waals surface area (Å²) in [4.78, 5) is 3.97. The second-order valence-electron chi connectivity index (χ2n) is 5.02. The van der Waals surface area contributed by atoms with Gasteiger partial charge in [0.25, 0.3) is 0 Å². The molecule has 8 heteroatoms. The van der Waals surface area contributed by atoms with Gasteiger partial charge in [0.15, 0.2) is 0 Å². The highest BCUT2D eigenvalue weighted by molar-refractivity contribution is 7.89. The normalized spacial score (nSPS) is 12.6. The van der Waals surface area contributed by atoms with Gasteiger partial charge in [0.2, 0.25) is 10.0 Å². The van der Waals surface area contributed by atoms with Gasteiger partial charge < -0.3 is 5.73 Å². The van der Waals surface area contributed by atoms with E-state index < -0.39 is 21.4 Å². The smallest absolute Gasteiger partial charge is 0.241 e. The standard InChI is InChI=1S/C13H16FN3O2S2/c1-13(2,12-16-5-6-20-12)17-21(18,19)11-7-10(14)4-3-9(11)8-15/h3-7,17H,8,15H2,1-2H3. The van der Waals surface area contributed by atoms with Crippen LogP contribution in [0.25, 0.3) is 0 Å². The zero-order valence-corrected chi connectivity index (χ0v) is 13.3. The topological polar surface area (TPSA) is 85.1 Å². The van der Waals surface area contributed by atoms with E-state index in [0.717, 1.165) is 6.07 Å². The number of benzene rings is 1. The molecule has 3 N–H and O–H groups in total. The molecule has 0 bridgehead atoms. The highest BCUT2D eigenvalue weighted by Crippen LogP contribution is 2.26. The summed E-state index contributed by atoms with van der Waals surface area (Å²) in [6.45, 7) is 3.41. The Kier molecular flexibility index (Phi) is 4.43. The van der Waals surface area contributed by atoms with Crippen molar-refractivity contribution in [3.05, 3.63) is 46.2 Å². The first-order valence-electron chi connectivity index (χ1n) is 6.19. The van der Waals surface area contributed by atoms with E-state index in [9.17, 15) is 12.8 Å². The zero-order chi connectivity index (χ0) is 15.7. The molecule has 21 heavy (non-hydrogen) atoms. The lowest BCUT2D eigenvalue weighted by molar-refractivity contribution is 0.469. The lowest BCUT2D eigenvalue weighted by atomic mass is 10.1. The van der Waals surface area contributed by atoms with E-state index in [-0.39, 0.29) is 11.4 Å². The van der Waals surface area contributed by atoms with Crippen LogP contribution in [0.2, 0.25) is 0 Å². The van der Waals surface area contributed by atoms with Gasteiger partial charge in [0.05, 0.1) is 10.4 Å². The van der Waals surface area contributed by atoms with Gasteiger partial charge in [-0.05, 0) is 31.5 Å². The Bertz CT molecular complexity index is 728. The Labute approximate surface area is 127 Å². The Morgan fingerprint density at radius 2 is 2.14 bits per heavy atom. The molecule has 0 aliphatic heterocycles. The first kappa shape index (κ1) is 16.0. The van der Waals surface area contributed by atoms with Crippen molar-refractivity contribution in [1.29, 1.82) is 0 Å². The number of aromatic nitrogens is 1. The summed E-state index contributed by atoms with van der Waals surface area (Å²) in [5, 5.41) is 2.38. The summed E-state index contributed by atoms with van der Waals surface area (Å²) in [7, 11) is -3.91. The van der Waals surface area contributed by atoms with E-state index in [2.05, 4.69) is 9.71 Å². The lowest BCUT2D eigenvalue weighted by Crippen LogP contribution is -2.41. The minimum Gasteiger partial charge on any atom is -0.326 e. The summed E-state index contributed by atoms with van der Waals surface area (Å²) >= 11 is 1.34. The Morgan fingerprint density at radius 3 is 2.71 bits per heavy atom. The number of nitrogens with zero attached hydrogens (tertiary/aromatic N) is 1. The summed E-state index contributed by atoms with van der Waals surface area (Å²) < 4.78 is 41.0. The maximum atomic E-state index is 13.4. The molecule has 0 atom stereocenters. The van der Waals surface area contributed by atoms with Gasteiger partial charge in [0.1, 0.15) is 10.8 Å². The molecule has 2 aromatic rings. The highest BCUT2D eigenvalue weighted by atomic mass is 32.2. The summed E-state index contributed by atoms with van der Waals surface area (Å²) in [5.74, 6) is -0.625. The van der Waals surface area contributed by atoms with Crippen LogP contribution in [0.1, 0.15) is 24.4 Å². The number of thiazole rings is 1. The van der Waals surface area contributed by atoms with Gasteiger partial charge in [0, 0.05) is 18.1 Å². The lowest BCUT2D eigenvalue weighted by Gasteiger charge is -2.24. The number of rotatable bonds is 5. The molecule has 0 aliphatic rings. The number of halogens is 1. The van der Waals surface area contributed by atoms with Crippen LogP contribution in [0, 0.1) is 5.82 Å². The van der Waals surface area contributed by atoms with Crippen LogP contribution in [0.3, 0.4) is 0 Å². The largest absolute Gasteiger partial charge is 0.326 e. The average molecular weight is 329 g/mol. The quantitative estimate of drug-likeness (QED) is 0.878. The van der Waals surface area contributed by atoms with Crippen molar-refractivity contribution >= 4 is 21.4 Å². The third-order valence-electron chi connectivity index (χ3n) is 2.90. The van der Waals surface area contributed by atoms with Crippen LogP contribution in [-0.4, -0.2) is 13.4 Å². The SMILES string of the molecule is CC(C)(NS(=O)(=O)c1cc(F)ccc1CN)c1nccs1. The van der Waals surface area contributed by atoms with Gasteiger partial charge in [-0.15, -0.1) is 11.3 Å². The van der Waals surface area contributed by atoms with Crippen molar-refractivity contribution in [2.24, 2.45) is 5.73 Å². The minimum absolute atomic E-state index is 0.00814. The van der Waals surface area contributed by atoms with E-state index >= 15 is 0 Å². The monoisotopic (exact) mass is 329 g/mol. The Morgan fingerprint density at radius 1 is 1.43 bits per heavy atom. The van der Waals surface area contributed by atoms with E-state index in [1.54, 1.807) is 25.4 Å². The molecule has 0 saturated heterocycles. The van der Waals surface area contributed by atoms with Crippen molar-refractivity contribution in [2.45, 2.75) is 30.8 Å². The van der Waals surface area contributed by atoms with E-state index in [1.807, 2.05) is 0 Å². The van der Waals surface area contributed by atoms with Crippen molar-refractivity contribution in [2.75, 3.05) is 0 Å². The van der Waals surface area contributed by atoms with Gasteiger partial charge in [-0.1, -0.05) is 6.07 Å². The third kappa shape index (κ3) is 3.46. The molecule has 0 amide bonds. The molecule has 1 aromatic carbocycles. The molecule has 0 radical (unpaired) electrons. The molecule has 0 saturated carbocycles. The molecule has 5 nitrogen and oxygen atoms in total. The van der Waals surface area contributed by atoms with Crippen LogP contribution < -0.4 is 10.5 Å². The second-order valence-corrected chi connectivity index (χ2v) is 7.57. The number of nitrogens with two attached hydrogens (primary N) is 1. The zero-order valence-electron chi connectivity index (χ0n) is 11.6. The summed E-state index contributed by atoms with van der Waals surface area (Å²) in [5.41, 5.74) is 4.99. The van der Waals surface area contributed by atoms with Gasteiger partial charge >= 0.3 is 0 Å². The van der Waals surface area contributed by atoms with Crippen LogP contribution >= 0.6 is 11.3 Å². The molecule has 1 aromatic heterocycles. The first-order chi connectivity index (χ1) is 9.76. The number of nitrogens with one attached hydrogen (secondary N) is 1. The minimum atomic E-state index is -3.91. The molecule has 1 heterocycles. The molecular formula is C13H16FN3O2S2. The average Bonchev–Trinajstić information content (AvgIpc) is 2.92. The molecule has 0 fully saturated rings. The number of sulfonamides is 1. The van der Waals surface area contributed by atoms with Crippen molar-refractivity contribution < 1.29 is 12.8 Å². The molecule has 0 aliphatic carbocycles. The highest BCUT2D eigenvalue weighted by Gasteiger charge is 2.31. The van der Waals surface area contributed by atoms with Crippen LogP contribution in [0.15, 0.2) is 34.7 Å². The maximum Gasteiger partial charge on any atom is 0.241 e. The predicted octanol–water partition coefficient (Wildman–Crippen LogP) is 1.95. The fraction of sp³-hybridized carbons (Fsp3) is 0.308. The van der Waals surface area contributed by atoms with Crippen molar-refractivity contribution in [1.82, 2.24) is 9.71 Å². The van der Waals surface area contributed by atoms with Gasteiger partial charge in [-0.25, -0.2) is 17.8 Å². The van der Waals surface area contributed by atoms with E-state index in [4.69, 9.17) is 5.73 Å². The van der Waals surface area contributed by atoms with Gasteiger partial charge in [-0.3, -0.25) is 0 Å². The second kappa shape index (κ2) is 5.80. The predicted molar refractivity (Wildman–Crippen MR) is 79.8 cm³/mol. The molecule has 2 rings (SSSR count).